The van der Waals surface area contributed by atoms with Crippen LogP contribution in [0.15, 0.2) is 0 Å². The van der Waals surface area contributed by atoms with Crippen LogP contribution in [-0.4, -0.2) is 24.1 Å². The summed E-state index contributed by atoms with van der Waals surface area (Å²) in [5, 5.41) is 3.03. The van der Waals surface area contributed by atoms with Crippen molar-refractivity contribution in [2.45, 2.75) is 19.8 Å². The van der Waals surface area contributed by atoms with E-state index < -0.39 is 0 Å². The first-order chi connectivity index (χ1) is 5.74. The van der Waals surface area contributed by atoms with Gasteiger partial charge in [0.15, 0.2) is 0 Å². The van der Waals surface area contributed by atoms with Crippen LogP contribution in [0.25, 0.3) is 0 Å². The van der Waals surface area contributed by atoms with E-state index in [1.807, 2.05) is 6.92 Å². The van der Waals surface area contributed by atoms with E-state index in [0.717, 1.165) is 18.0 Å². The van der Waals surface area contributed by atoms with Gasteiger partial charge in [-0.2, -0.15) is 0 Å². The van der Waals surface area contributed by atoms with E-state index in [1.54, 1.807) is 0 Å². The van der Waals surface area contributed by atoms with Gasteiger partial charge in [-0.3, -0.25) is 4.79 Å². The summed E-state index contributed by atoms with van der Waals surface area (Å²) in [6.45, 7) is 3.06. The molecule has 1 heterocycles. The third-order valence-corrected chi connectivity index (χ3v) is 2.18. The highest BCUT2D eigenvalue weighted by Crippen LogP contribution is 2.14. The molecule has 0 aromatic carbocycles. The lowest BCUT2D eigenvalue weighted by Gasteiger charge is -2.21. The Labute approximate surface area is 77.5 Å². The van der Waals surface area contributed by atoms with Crippen molar-refractivity contribution < 1.29 is 9.53 Å². The zero-order chi connectivity index (χ0) is 8.97. The second-order valence-electron chi connectivity index (χ2n) is 2.79. The summed E-state index contributed by atoms with van der Waals surface area (Å²) in [5.74, 6) is -0.125. The summed E-state index contributed by atoms with van der Waals surface area (Å²) in [4.78, 5) is 12.0. The normalized spacial score (nSPS) is 23.1. The number of nitrogens with one attached hydrogen (secondary N) is 1. The lowest BCUT2D eigenvalue weighted by Crippen LogP contribution is -2.36. The molecule has 0 aromatic heterocycles. The highest BCUT2D eigenvalue weighted by Gasteiger charge is 2.24. The Morgan fingerprint density at radius 3 is 3.17 bits per heavy atom. The maximum absolute atomic E-state index is 11.2. The molecule has 3 nitrogen and oxygen atoms in total. The van der Waals surface area contributed by atoms with E-state index in [4.69, 9.17) is 17.0 Å². The molecular weight excluding hydrogens is 174 g/mol. The van der Waals surface area contributed by atoms with Crippen molar-refractivity contribution in [3.05, 3.63) is 0 Å². The fraction of sp³-hybridized carbons (Fsp3) is 0.750. The van der Waals surface area contributed by atoms with Gasteiger partial charge in [0.2, 0.25) is 0 Å². The minimum Gasteiger partial charge on any atom is -0.466 e. The Bertz CT molecular complexity index is 193. The van der Waals surface area contributed by atoms with Crippen LogP contribution >= 0.6 is 12.2 Å². The number of rotatable bonds is 2. The van der Waals surface area contributed by atoms with Gasteiger partial charge in [-0.25, -0.2) is 0 Å². The SMILES string of the molecule is CCOC(=O)[C@@H]1CCNC(=S)C1. The number of ether oxygens (including phenoxy) is 1. The smallest absolute Gasteiger partial charge is 0.309 e. The monoisotopic (exact) mass is 187 g/mol. The number of carbonyl (C=O) groups is 1. The van der Waals surface area contributed by atoms with Gasteiger partial charge in [0.25, 0.3) is 0 Å². The minimum atomic E-state index is -0.110. The van der Waals surface area contributed by atoms with Crippen molar-refractivity contribution in [1.29, 1.82) is 0 Å². The fourth-order valence-electron chi connectivity index (χ4n) is 1.25. The van der Waals surface area contributed by atoms with Gasteiger partial charge in [0.05, 0.1) is 17.5 Å². The lowest BCUT2D eigenvalue weighted by molar-refractivity contribution is -0.148. The molecule has 1 N–H and O–H groups in total. The average Bonchev–Trinajstić information content (AvgIpc) is 2.05. The molecular formula is C8H13NO2S. The predicted octanol–water partition coefficient (Wildman–Crippen LogP) is 0.876. The molecule has 0 aliphatic carbocycles. The summed E-state index contributed by atoms with van der Waals surface area (Å²) in [6.07, 6.45) is 1.48. The van der Waals surface area contributed by atoms with Crippen molar-refractivity contribution in [3.63, 3.8) is 0 Å². The van der Waals surface area contributed by atoms with Gasteiger partial charge in [-0.05, 0) is 13.3 Å². The summed E-state index contributed by atoms with van der Waals surface area (Å²) in [6, 6.07) is 0. The number of hydrogen-bond acceptors (Lipinski definition) is 3. The van der Waals surface area contributed by atoms with Gasteiger partial charge < -0.3 is 10.1 Å². The molecule has 4 heteroatoms. The molecule has 0 spiro atoms. The molecule has 0 amide bonds. The molecule has 1 fully saturated rings. The van der Waals surface area contributed by atoms with Crippen LogP contribution in [0.3, 0.4) is 0 Å². The van der Waals surface area contributed by atoms with Gasteiger partial charge >= 0.3 is 5.97 Å². The van der Waals surface area contributed by atoms with Crippen LogP contribution in [0.2, 0.25) is 0 Å². The van der Waals surface area contributed by atoms with Crippen molar-refractivity contribution in [2.75, 3.05) is 13.2 Å². The average molecular weight is 187 g/mol. The van der Waals surface area contributed by atoms with Crippen LogP contribution in [0, 0.1) is 5.92 Å². The zero-order valence-corrected chi connectivity index (χ0v) is 7.95. The first-order valence-corrected chi connectivity index (χ1v) is 4.58. The number of piperidine rings is 1. The molecule has 12 heavy (non-hydrogen) atoms. The molecule has 0 unspecified atom stereocenters. The topological polar surface area (TPSA) is 38.3 Å². The van der Waals surface area contributed by atoms with E-state index in [1.165, 1.54) is 0 Å². The Hall–Kier alpha value is -0.640. The van der Waals surface area contributed by atoms with Gasteiger partial charge in [-0.15, -0.1) is 0 Å². The molecule has 0 bridgehead atoms. The third kappa shape index (κ3) is 2.44. The number of esters is 1. The summed E-state index contributed by atoms with van der Waals surface area (Å²) < 4.78 is 4.90. The second kappa shape index (κ2) is 4.40. The van der Waals surface area contributed by atoms with Crippen LogP contribution in [0.4, 0.5) is 0 Å². The first-order valence-electron chi connectivity index (χ1n) is 4.17. The van der Waals surface area contributed by atoms with Crippen molar-refractivity contribution in [1.82, 2.24) is 5.32 Å². The Morgan fingerprint density at radius 2 is 2.58 bits per heavy atom. The second-order valence-corrected chi connectivity index (χ2v) is 3.28. The van der Waals surface area contributed by atoms with Gasteiger partial charge in [0.1, 0.15) is 0 Å². The van der Waals surface area contributed by atoms with E-state index in [9.17, 15) is 4.79 Å². The standard InChI is InChI=1S/C8H13NO2S/c1-2-11-8(10)6-3-4-9-7(12)5-6/h6H,2-5H2,1H3,(H,9,12)/t6-/m1/s1. The Balaban J connectivity index is 2.40. The Morgan fingerprint density at radius 1 is 1.83 bits per heavy atom. The first kappa shape index (κ1) is 9.45. The summed E-state index contributed by atoms with van der Waals surface area (Å²) in [5.41, 5.74) is 0. The summed E-state index contributed by atoms with van der Waals surface area (Å²) in [7, 11) is 0. The highest BCUT2D eigenvalue weighted by molar-refractivity contribution is 7.80. The molecule has 1 rings (SSSR count). The largest absolute Gasteiger partial charge is 0.466 e. The number of hydrogen-bond donors (Lipinski definition) is 1. The van der Waals surface area contributed by atoms with Gasteiger partial charge in [0, 0.05) is 13.0 Å². The molecule has 0 saturated carbocycles. The zero-order valence-electron chi connectivity index (χ0n) is 7.13. The van der Waals surface area contributed by atoms with Crippen LogP contribution < -0.4 is 5.32 Å². The van der Waals surface area contributed by atoms with Crippen LogP contribution in [-0.2, 0) is 9.53 Å². The van der Waals surface area contributed by atoms with Gasteiger partial charge in [-0.1, -0.05) is 12.2 Å². The molecule has 68 valence electrons. The fourth-order valence-corrected chi connectivity index (χ4v) is 1.55. The van der Waals surface area contributed by atoms with Crippen molar-refractivity contribution >= 4 is 23.2 Å². The molecule has 0 radical (unpaired) electrons. The number of thiocarbonyl (C=S) groups is 1. The van der Waals surface area contributed by atoms with Crippen molar-refractivity contribution in [2.24, 2.45) is 5.92 Å². The maximum atomic E-state index is 11.2. The molecule has 1 saturated heterocycles. The van der Waals surface area contributed by atoms with Crippen LogP contribution in [0.5, 0.6) is 0 Å². The molecule has 1 aliphatic heterocycles. The Kier molecular flexibility index (Phi) is 3.47. The molecule has 1 atom stereocenters. The maximum Gasteiger partial charge on any atom is 0.309 e. The lowest BCUT2D eigenvalue weighted by atomic mass is 9.98. The highest BCUT2D eigenvalue weighted by atomic mass is 32.1. The third-order valence-electron chi connectivity index (χ3n) is 1.87. The predicted molar refractivity (Wildman–Crippen MR) is 50.0 cm³/mol. The van der Waals surface area contributed by atoms with E-state index >= 15 is 0 Å². The number of carbonyl (C=O) groups excluding carboxylic acids is 1. The van der Waals surface area contributed by atoms with E-state index in [0.29, 0.717) is 13.0 Å². The quantitative estimate of drug-likeness (QED) is 0.514. The minimum absolute atomic E-state index is 0.0151. The molecule has 1 aliphatic rings. The van der Waals surface area contributed by atoms with Crippen LogP contribution in [0.1, 0.15) is 19.8 Å². The van der Waals surface area contributed by atoms with E-state index in [-0.39, 0.29) is 11.9 Å². The van der Waals surface area contributed by atoms with E-state index in [2.05, 4.69) is 5.32 Å². The summed E-state index contributed by atoms with van der Waals surface area (Å²) >= 11 is 4.97. The van der Waals surface area contributed by atoms with Crippen molar-refractivity contribution in [3.8, 4) is 0 Å². The molecule has 0 aromatic rings.